The van der Waals surface area contributed by atoms with Gasteiger partial charge in [0.15, 0.2) is 24.8 Å². The molecule has 2 saturated heterocycles. The summed E-state index contributed by atoms with van der Waals surface area (Å²) in [7, 11) is 2.53. The molecular formula is C22H22O8. The van der Waals surface area contributed by atoms with Gasteiger partial charge in [0.1, 0.15) is 12.2 Å². The number of hydrogen-bond donors (Lipinski definition) is 0. The van der Waals surface area contributed by atoms with Crippen molar-refractivity contribution in [1.82, 2.24) is 0 Å². The number of ether oxygens (including phenoxy) is 6. The number of rotatable bonds is 4. The van der Waals surface area contributed by atoms with Crippen molar-refractivity contribution in [3.05, 3.63) is 71.8 Å². The third-order valence-corrected chi connectivity index (χ3v) is 5.03. The maximum Gasteiger partial charge on any atom is 0.337 e. The van der Waals surface area contributed by atoms with Gasteiger partial charge in [-0.1, -0.05) is 60.7 Å². The van der Waals surface area contributed by atoms with Crippen LogP contribution < -0.4 is 0 Å². The lowest BCUT2D eigenvalue weighted by Crippen LogP contribution is -2.62. The normalized spacial score (nSPS) is 30.7. The van der Waals surface area contributed by atoms with Gasteiger partial charge in [-0.2, -0.15) is 0 Å². The minimum absolute atomic E-state index is 0.633. The second kappa shape index (κ2) is 8.93. The first-order valence-corrected chi connectivity index (χ1v) is 9.49. The van der Waals surface area contributed by atoms with Crippen LogP contribution >= 0.6 is 0 Å². The zero-order valence-corrected chi connectivity index (χ0v) is 16.5. The SMILES string of the molecule is COC(=O)[C@H]1O[C@H](c2ccccc2)O[C@H]2[C@@H]1O[C@@H](c1ccccc1)O[C@H]2C(=O)OC. The van der Waals surface area contributed by atoms with Gasteiger partial charge >= 0.3 is 11.9 Å². The van der Waals surface area contributed by atoms with Gasteiger partial charge in [-0.05, 0) is 0 Å². The number of carbonyl (C=O) groups excluding carboxylic acids is 2. The fourth-order valence-electron chi connectivity index (χ4n) is 3.56. The molecule has 0 amide bonds. The molecule has 2 aromatic rings. The van der Waals surface area contributed by atoms with Gasteiger partial charge in [0.25, 0.3) is 0 Å². The van der Waals surface area contributed by atoms with Crippen molar-refractivity contribution in [3.8, 4) is 0 Å². The molecule has 0 aromatic heterocycles. The quantitative estimate of drug-likeness (QED) is 0.704. The summed E-state index contributed by atoms with van der Waals surface area (Å²) in [5.41, 5.74) is 1.36. The van der Waals surface area contributed by atoms with E-state index in [1.165, 1.54) is 14.2 Å². The second-order valence-corrected chi connectivity index (χ2v) is 6.85. The number of fused-ring (bicyclic) bond motifs is 1. The van der Waals surface area contributed by atoms with E-state index in [2.05, 4.69) is 0 Å². The lowest BCUT2D eigenvalue weighted by Gasteiger charge is -2.47. The summed E-state index contributed by atoms with van der Waals surface area (Å²) < 4.78 is 33.8. The van der Waals surface area contributed by atoms with E-state index in [1.54, 1.807) is 24.3 Å². The van der Waals surface area contributed by atoms with E-state index in [9.17, 15) is 9.59 Å². The minimum Gasteiger partial charge on any atom is -0.467 e. The largest absolute Gasteiger partial charge is 0.467 e. The highest BCUT2D eigenvalue weighted by Crippen LogP contribution is 2.41. The Hall–Kier alpha value is -2.78. The van der Waals surface area contributed by atoms with Crippen LogP contribution in [0.4, 0.5) is 0 Å². The van der Waals surface area contributed by atoms with Gasteiger partial charge in [-0.15, -0.1) is 0 Å². The highest BCUT2D eigenvalue weighted by Gasteiger charge is 2.55. The van der Waals surface area contributed by atoms with Crippen LogP contribution in [0.15, 0.2) is 60.7 Å². The zero-order valence-electron chi connectivity index (χ0n) is 16.5. The van der Waals surface area contributed by atoms with E-state index in [-0.39, 0.29) is 0 Å². The summed E-state index contributed by atoms with van der Waals surface area (Å²) in [6.45, 7) is 0. The van der Waals surface area contributed by atoms with Crippen LogP contribution in [0.1, 0.15) is 23.7 Å². The predicted molar refractivity (Wildman–Crippen MR) is 102 cm³/mol. The monoisotopic (exact) mass is 414 g/mol. The highest BCUT2D eigenvalue weighted by molar-refractivity contribution is 5.78. The molecule has 6 atom stereocenters. The molecule has 0 N–H and O–H groups in total. The Morgan fingerprint density at radius 1 is 0.633 bits per heavy atom. The van der Waals surface area contributed by atoms with Crippen molar-refractivity contribution in [3.63, 3.8) is 0 Å². The summed E-state index contributed by atoms with van der Waals surface area (Å²) in [5, 5.41) is 0. The van der Waals surface area contributed by atoms with E-state index < -0.39 is 48.9 Å². The molecule has 2 fully saturated rings. The van der Waals surface area contributed by atoms with Crippen LogP contribution in [0.2, 0.25) is 0 Å². The molecule has 0 radical (unpaired) electrons. The Bertz CT molecular complexity index is 798. The average Bonchev–Trinajstić information content (AvgIpc) is 2.82. The van der Waals surface area contributed by atoms with E-state index in [4.69, 9.17) is 28.4 Å². The van der Waals surface area contributed by atoms with Crippen LogP contribution in [0.25, 0.3) is 0 Å². The van der Waals surface area contributed by atoms with Gasteiger partial charge in [0, 0.05) is 11.1 Å². The molecule has 2 aliphatic rings. The lowest BCUT2D eigenvalue weighted by atomic mass is 9.98. The Morgan fingerprint density at radius 2 is 1.00 bits per heavy atom. The van der Waals surface area contributed by atoms with Crippen LogP contribution in [-0.2, 0) is 38.0 Å². The molecule has 4 rings (SSSR count). The van der Waals surface area contributed by atoms with Crippen LogP contribution in [0, 0.1) is 0 Å². The maximum absolute atomic E-state index is 12.5. The molecule has 0 saturated carbocycles. The molecule has 8 nitrogen and oxygen atoms in total. The number of carbonyl (C=O) groups is 2. The Labute approximate surface area is 173 Å². The third kappa shape index (κ3) is 3.95. The van der Waals surface area contributed by atoms with Crippen molar-refractivity contribution in [2.45, 2.75) is 37.0 Å². The van der Waals surface area contributed by atoms with Gasteiger partial charge < -0.3 is 28.4 Å². The van der Waals surface area contributed by atoms with Crippen molar-refractivity contribution < 1.29 is 38.0 Å². The Balaban J connectivity index is 1.70. The first-order valence-electron chi connectivity index (χ1n) is 9.49. The molecule has 158 valence electrons. The number of hydrogen-bond acceptors (Lipinski definition) is 8. The van der Waals surface area contributed by atoms with Crippen LogP contribution in [-0.4, -0.2) is 50.6 Å². The Morgan fingerprint density at radius 3 is 1.33 bits per heavy atom. The summed E-state index contributed by atoms with van der Waals surface area (Å²) in [4.78, 5) is 25.1. The van der Waals surface area contributed by atoms with E-state index >= 15 is 0 Å². The Kier molecular flexibility index (Phi) is 6.10. The van der Waals surface area contributed by atoms with Crippen molar-refractivity contribution >= 4 is 11.9 Å². The molecule has 2 heterocycles. The zero-order chi connectivity index (χ0) is 21.1. The number of benzene rings is 2. The van der Waals surface area contributed by atoms with E-state index in [1.807, 2.05) is 36.4 Å². The standard InChI is InChI=1S/C22H22O8/c1-25-19(23)17-15-16(28-21(29-17)13-9-5-3-6-10-13)18(20(24)26-2)30-22(27-15)14-11-7-4-8-12-14/h3-12,15-18,21-22H,1-2H3/t15-,16-,17-,18+,21+,22+/m0/s1. The van der Waals surface area contributed by atoms with E-state index in [0.29, 0.717) is 11.1 Å². The smallest absolute Gasteiger partial charge is 0.337 e. The van der Waals surface area contributed by atoms with Gasteiger partial charge in [-0.25, -0.2) is 9.59 Å². The molecule has 2 aromatic carbocycles. The second-order valence-electron chi connectivity index (χ2n) is 6.85. The predicted octanol–water partition coefficient (Wildman–Crippen LogP) is 2.30. The topological polar surface area (TPSA) is 89.5 Å². The average molecular weight is 414 g/mol. The maximum atomic E-state index is 12.5. The third-order valence-electron chi connectivity index (χ3n) is 5.03. The molecular weight excluding hydrogens is 392 g/mol. The highest BCUT2D eigenvalue weighted by atomic mass is 16.8. The first-order chi connectivity index (χ1) is 14.6. The van der Waals surface area contributed by atoms with Gasteiger partial charge in [0.05, 0.1) is 14.2 Å². The molecule has 0 aliphatic carbocycles. The van der Waals surface area contributed by atoms with Crippen molar-refractivity contribution in [2.24, 2.45) is 0 Å². The van der Waals surface area contributed by atoms with Crippen molar-refractivity contribution in [2.75, 3.05) is 14.2 Å². The fraction of sp³-hybridized carbons (Fsp3) is 0.364. The summed E-state index contributed by atoms with van der Waals surface area (Å²) >= 11 is 0. The summed E-state index contributed by atoms with van der Waals surface area (Å²) in [6.07, 6.45) is -5.96. The molecule has 0 spiro atoms. The van der Waals surface area contributed by atoms with Crippen molar-refractivity contribution in [1.29, 1.82) is 0 Å². The summed E-state index contributed by atoms with van der Waals surface area (Å²) in [6, 6.07) is 18.2. The van der Waals surface area contributed by atoms with Crippen LogP contribution in [0.3, 0.4) is 0 Å². The first kappa shape index (κ1) is 20.5. The van der Waals surface area contributed by atoms with Gasteiger partial charge in [-0.3, -0.25) is 0 Å². The summed E-state index contributed by atoms with van der Waals surface area (Å²) in [5.74, 6) is -1.27. The van der Waals surface area contributed by atoms with E-state index in [0.717, 1.165) is 0 Å². The van der Waals surface area contributed by atoms with Crippen LogP contribution in [0.5, 0.6) is 0 Å². The fourth-order valence-corrected chi connectivity index (χ4v) is 3.56. The molecule has 2 aliphatic heterocycles. The molecule has 0 bridgehead atoms. The molecule has 30 heavy (non-hydrogen) atoms. The minimum atomic E-state index is -1.12. The lowest BCUT2D eigenvalue weighted by molar-refractivity contribution is -0.374. The number of methoxy groups -OCH3 is 2. The molecule has 8 heteroatoms. The number of esters is 2. The van der Waals surface area contributed by atoms with Gasteiger partial charge in [0.2, 0.25) is 0 Å². The molecule has 0 unspecified atom stereocenters.